The average molecular weight is 391 g/mol. The van der Waals surface area contributed by atoms with E-state index in [4.69, 9.17) is 5.73 Å². The summed E-state index contributed by atoms with van der Waals surface area (Å²) in [7, 11) is 2.10. The molecular formula is C21H25N7O. The van der Waals surface area contributed by atoms with Crippen LogP contribution in [0.15, 0.2) is 42.7 Å². The summed E-state index contributed by atoms with van der Waals surface area (Å²) in [6.07, 6.45) is 8.12. The fraction of sp³-hybridized carbons (Fsp3) is 0.381. The molecule has 2 aliphatic rings. The summed E-state index contributed by atoms with van der Waals surface area (Å²) in [5, 5.41) is 27.2. The molecule has 4 heterocycles. The topological polar surface area (TPSA) is 105 Å². The van der Waals surface area contributed by atoms with Crippen LogP contribution in [0, 0.1) is 0 Å². The number of nitrogens with zero attached hydrogens (tertiary/aromatic N) is 5. The van der Waals surface area contributed by atoms with Crippen molar-refractivity contribution < 1.29 is 5.11 Å². The lowest BCUT2D eigenvalue weighted by atomic mass is 9.98. The van der Waals surface area contributed by atoms with Crippen LogP contribution in [0.3, 0.4) is 0 Å². The fourth-order valence-corrected chi connectivity index (χ4v) is 4.54. The second-order valence-electron chi connectivity index (χ2n) is 8.07. The van der Waals surface area contributed by atoms with Gasteiger partial charge in [-0.2, -0.15) is 5.10 Å². The molecular weight excluding hydrogens is 366 g/mol. The van der Waals surface area contributed by atoms with Crippen LogP contribution < -0.4 is 16.0 Å². The Balaban J connectivity index is 1.34. The maximum atomic E-state index is 10.5. The van der Waals surface area contributed by atoms with Gasteiger partial charge in [-0.05, 0) is 49.9 Å². The highest BCUT2D eigenvalue weighted by Gasteiger charge is 2.35. The lowest BCUT2D eigenvalue weighted by Gasteiger charge is -2.36. The minimum Gasteiger partial charge on any atom is -0.507 e. The summed E-state index contributed by atoms with van der Waals surface area (Å²) < 4.78 is 1.62. The van der Waals surface area contributed by atoms with E-state index in [2.05, 4.69) is 32.6 Å². The molecule has 0 radical (unpaired) electrons. The van der Waals surface area contributed by atoms with Crippen LogP contribution in [-0.4, -0.2) is 50.3 Å². The largest absolute Gasteiger partial charge is 0.507 e. The Bertz CT molecular complexity index is 1000. The van der Waals surface area contributed by atoms with Gasteiger partial charge in [0.05, 0.1) is 29.5 Å². The van der Waals surface area contributed by atoms with Gasteiger partial charge in [-0.1, -0.05) is 0 Å². The van der Waals surface area contributed by atoms with Crippen molar-refractivity contribution in [1.82, 2.24) is 25.3 Å². The van der Waals surface area contributed by atoms with Crippen molar-refractivity contribution >= 4 is 11.5 Å². The van der Waals surface area contributed by atoms with E-state index in [9.17, 15) is 5.11 Å². The van der Waals surface area contributed by atoms with Crippen molar-refractivity contribution in [2.24, 2.45) is 0 Å². The number of nitrogens with two attached hydrogens (primary N) is 1. The molecule has 2 bridgehead atoms. The number of benzene rings is 1. The fourth-order valence-electron chi connectivity index (χ4n) is 4.54. The maximum Gasteiger partial charge on any atom is 0.151 e. The molecule has 4 N–H and O–H groups in total. The van der Waals surface area contributed by atoms with Crippen LogP contribution in [0.2, 0.25) is 0 Å². The molecule has 5 rings (SSSR count). The molecule has 3 aromatic rings. The number of aromatic nitrogens is 4. The number of hydrogen-bond donors (Lipinski definition) is 3. The molecule has 0 unspecified atom stereocenters. The van der Waals surface area contributed by atoms with Crippen molar-refractivity contribution in [1.29, 1.82) is 0 Å². The molecule has 2 fully saturated rings. The molecule has 1 aromatic carbocycles. The summed E-state index contributed by atoms with van der Waals surface area (Å²) in [6, 6.07) is 11.0. The van der Waals surface area contributed by atoms with Crippen LogP contribution in [0.5, 0.6) is 5.75 Å². The molecule has 29 heavy (non-hydrogen) atoms. The Labute approximate surface area is 169 Å². The van der Waals surface area contributed by atoms with Gasteiger partial charge >= 0.3 is 0 Å². The first-order valence-corrected chi connectivity index (χ1v) is 10.0. The summed E-state index contributed by atoms with van der Waals surface area (Å²) in [5.74, 6) is 0.991. The number of phenols is 1. The summed E-state index contributed by atoms with van der Waals surface area (Å²) >= 11 is 0. The third kappa shape index (κ3) is 3.40. The van der Waals surface area contributed by atoms with E-state index in [-0.39, 0.29) is 5.75 Å². The van der Waals surface area contributed by atoms with E-state index in [0.29, 0.717) is 35.1 Å². The van der Waals surface area contributed by atoms with Gasteiger partial charge in [0.15, 0.2) is 5.82 Å². The van der Waals surface area contributed by atoms with Gasteiger partial charge in [-0.15, -0.1) is 10.2 Å². The molecule has 0 aliphatic carbocycles. The van der Waals surface area contributed by atoms with Crippen molar-refractivity contribution in [2.45, 2.75) is 43.8 Å². The van der Waals surface area contributed by atoms with E-state index < -0.39 is 0 Å². The smallest absolute Gasteiger partial charge is 0.151 e. The van der Waals surface area contributed by atoms with Gasteiger partial charge in [-0.25, -0.2) is 4.68 Å². The first-order chi connectivity index (χ1) is 14.1. The summed E-state index contributed by atoms with van der Waals surface area (Å²) in [5.41, 5.74) is 8.28. The molecule has 0 saturated carbocycles. The normalized spacial score (nSPS) is 23.3. The zero-order valence-electron chi connectivity index (χ0n) is 16.4. The molecule has 2 aliphatic heterocycles. The first kappa shape index (κ1) is 17.9. The van der Waals surface area contributed by atoms with Gasteiger partial charge in [0.2, 0.25) is 0 Å². The molecule has 2 saturated heterocycles. The Morgan fingerprint density at radius 3 is 2.55 bits per heavy atom. The molecule has 0 amide bonds. The monoisotopic (exact) mass is 391 g/mol. The summed E-state index contributed by atoms with van der Waals surface area (Å²) in [4.78, 5) is 2.24. The molecule has 3 atom stereocenters. The number of anilines is 2. The quantitative estimate of drug-likeness (QED) is 0.627. The Morgan fingerprint density at radius 1 is 1.14 bits per heavy atom. The van der Waals surface area contributed by atoms with E-state index >= 15 is 0 Å². The zero-order valence-corrected chi connectivity index (χ0v) is 16.4. The van der Waals surface area contributed by atoms with Gasteiger partial charge in [0.1, 0.15) is 5.75 Å². The minimum absolute atomic E-state index is 0.127. The van der Waals surface area contributed by atoms with Crippen LogP contribution in [0.4, 0.5) is 11.5 Å². The molecule has 0 spiro atoms. The van der Waals surface area contributed by atoms with Gasteiger partial charge in [0, 0.05) is 36.8 Å². The summed E-state index contributed by atoms with van der Waals surface area (Å²) in [6.45, 7) is 0. The van der Waals surface area contributed by atoms with Crippen LogP contribution in [0.1, 0.15) is 25.7 Å². The first-order valence-electron chi connectivity index (χ1n) is 10.0. The standard InChI is InChI=1S/C21H25N7O/c1-27(17-8-14-2-3-15(9-17)24-14)21-7-6-19(25-26-21)18-5-4-16(10-20(18)29)28-12-13(22)11-23-28/h4-7,10-12,14-15,17,24,29H,2-3,8-9,22H2,1H3/t14-,15+,17+. The van der Waals surface area contributed by atoms with Crippen LogP contribution in [0.25, 0.3) is 16.9 Å². The second-order valence-corrected chi connectivity index (χ2v) is 8.07. The van der Waals surface area contributed by atoms with E-state index in [1.807, 2.05) is 24.3 Å². The van der Waals surface area contributed by atoms with Crippen molar-refractivity contribution in [3.63, 3.8) is 0 Å². The zero-order chi connectivity index (χ0) is 20.0. The highest BCUT2D eigenvalue weighted by atomic mass is 16.3. The second kappa shape index (κ2) is 7.04. The SMILES string of the molecule is CN(c1ccc(-c2ccc(-n3cc(N)cn3)cc2O)nn1)[C@H]1C[C@H]2CC[C@@H](C1)N2. The Hall–Kier alpha value is -3.13. The van der Waals surface area contributed by atoms with Gasteiger partial charge in [-0.3, -0.25) is 0 Å². The molecule has 8 nitrogen and oxygen atoms in total. The molecule has 2 aromatic heterocycles. The van der Waals surface area contributed by atoms with E-state index in [1.54, 1.807) is 23.1 Å². The third-order valence-corrected chi connectivity index (χ3v) is 6.13. The Morgan fingerprint density at radius 2 is 1.93 bits per heavy atom. The molecule has 8 heteroatoms. The van der Waals surface area contributed by atoms with Crippen molar-refractivity contribution in [3.8, 4) is 22.7 Å². The van der Waals surface area contributed by atoms with E-state index in [1.165, 1.54) is 12.8 Å². The van der Waals surface area contributed by atoms with Crippen LogP contribution in [-0.2, 0) is 0 Å². The number of nitrogen functional groups attached to an aromatic ring is 1. The van der Waals surface area contributed by atoms with Crippen LogP contribution >= 0.6 is 0 Å². The predicted molar refractivity (Wildman–Crippen MR) is 112 cm³/mol. The molecule has 150 valence electrons. The Kier molecular flexibility index (Phi) is 4.35. The maximum absolute atomic E-state index is 10.5. The van der Waals surface area contributed by atoms with Crippen molar-refractivity contribution in [2.75, 3.05) is 17.7 Å². The lowest BCUT2D eigenvalue weighted by molar-refractivity contribution is 0.353. The van der Waals surface area contributed by atoms with Crippen molar-refractivity contribution in [3.05, 3.63) is 42.7 Å². The van der Waals surface area contributed by atoms with Gasteiger partial charge in [0.25, 0.3) is 0 Å². The highest BCUT2D eigenvalue weighted by Crippen LogP contribution is 2.32. The number of hydrogen-bond acceptors (Lipinski definition) is 7. The minimum atomic E-state index is 0.127. The van der Waals surface area contributed by atoms with E-state index in [0.717, 1.165) is 24.3 Å². The highest BCUT2D eigenvalue weighted by molar-refractivity contribution is 5.69. The lowest BCUT2D eigenvalue weighted by Crippen LogP contribution is -2.47. The number of nitrogens with one attached hydrogen (secondary N) is 1. The number of piperidine rings is 1. The predicted octanol–water partition coefficient (Wildman–Crippen LogP) is 2.34. The number of phenolic OH excluding ortho intramolecular Hbond substituents is 1. The third-order valence-electron chi connectivity index (χ3n) is 6.13. The van der Waals surface area contributed by atoms with Gasteiger partial charge < -0.3 is 21.1 Å². The number of fused-ring (bicyclic) bond motifs is 2. The number of rotatable bonds is 4. The number of aromatic hydroxyl groups is 1. The average Bonchev–Trinajstić information content (AvgIpc) is 3.32.